The third-order valence-electron chi connectivity index (χ3n) is 6.81. The largest absolute Gasteiger partial charge is 0.460 e. The van der Waals surface area contributed by atoms with Crippen LogP contribution in [0.1, 0.15) is 91.4 Å². The lowest BCUT2D eigenvalue weighted by Gasteiger charge is -2.36. The molecule has 38 heavy (non-hydrogen) atoms. The highest BCUT2D eigenvalue weighted by molar-refractivity contribution is 5.98. The lowest BCUT2D eigenvalue weighted by atomic mass is 9.77. The summed E-state index contributed by atoms with van der Waals surface area (Å²) < 4.78 is 35.0. The molecule has 3 atom stereocenters. The van der Waals surface area contributed by atoms with E-state index in [0.29, 0.717) is 12.1 Å². The molecule has 2 amide bonds. The first-order chi connectivity index (χ1) is 17.8. The van der Waals surface area contributed by atoms with Gasteiger partial charge in [0.25, 0.3) is 17.7 Å². The summed E-state index contributed by atoms with van der Waals surface area (Å²) in [5, 5.41) is 5.24. The highest BCUT2D eigenvalue weighted by Gasteiger charge is 2.47. The zero-order chi connectivity index (χ0) is 28.1. The van der Waals surface area contributed by atoms with Crippen molar-refractivity contribution in [3.63, 3.8) is 0 Å². The fourth-order valence-corrected chi connectivity index (χ4v) is 4.68. The van der Waals surface area contributed by atoms with Crippen LogP contribution in [0.2, 0.25) is 0 Å². The number of ether oxygens (including phenoxy) is 1. The molecule has 1 aromatic carbocycles. The van der Waals surface area contributed by atoms with Gasteiger partial charge in [-0.2, -0.15) is 0 Å². The van der Waals surface area contributed by atoms with Gasteiger partial charge in [0.15, 0.2) is 0 Å². The first kappa shape index (κ1) is 29.2. The second-order valence-electron chi connectivity index (χ2n) is 10.9. The molecule has 0 bridgehead atoms. The van der Waals surface area contributed by atoms with E-state index in [1.165, 1.54) is 13.1 Å². The molecule has 0 spiro atoms. The number of amides is 2. The van der Waals surface area contributed by atoms with Gasteiger partial charge in [-0.25, -0.2) is 13.8 Å². The highest BCUT2D eigenvalue weighted by atomic mass is 19.3. The van der Waals surface area contributed by atoms with Crippen LogP contribution in [0.15, 0.2) is 42.5 Å². The molecule has 1 fully saturated rings. The average Bonchev–Trinajstić information content (AvgIpc) is 2.87. The Bertz CT molecular complexity index is 1150. The lowest BCUT2D eigenvalue weighted by molar-refractivity contribution is -0.171. The molecule has 1 aliphatic carbocycles. The van der Waals surface area contributed by atoms with Gasteiger partial charge in [0, 0.05) is 43.1 Å². The van der Waals surface area contributed by atoms with Crippen molar-refractivity contribution in [1.29, 1.82) is 0 Å². The summed E-state index contributed by atoms with van der Waals surface area (Å²) in [6.07, 6.45) is 0.00678. The number of nitrogens with one attached hydrogen (secondary N) is 2. The predicted octanol–water partition coefficient (Wildman–Crippen LogP) is 5.11. The topological polar surface area (TPSA) is 97.4 Å². The smallest absolute Gasteiger partial charge is 0.309 e. The van der Waals surface area contributed by atoms with E-state index in [0.717, 1.165) is 5.56 Å². The van der Waals surface area contributed by atoms with Crippen LogP contribution in [0.25, 0.3) is 0 Å². The van der Waals surface area contributed by atoms with Gasteiger partial charge in [-0.15, -0.1) is 0 Å². The monoisotopic (exact) mass is 529 g/mol. The van der Waals surface area contributed by atoms with Crippen molar-refractivity contribution in [2.45, 2.75) is 70.8 Å². The average molecular weight is 530 g/mol. The second kappa shape index (κ2) is 12.0. The van der Waals surface area contributed by atoms with Gasteiger partial charge in [0.1, 0.15) is 11.3 Å². The van der Waals surface area contributed by atoms with Crippen LogP contribution in [-0.2, 0) is 9.53 Å². The van der Waals surface area contributed by atoms with Crippen LogP contribution in [0.3, 0.4) is 0 Å². The Morgan fingerprint density at radius 3 is 2.39 bits per heavy atom. The molecule has 2 N–H and O–H groups in total. The molecule has 0 aliphatic heterocycles. The van der Waals surface area contributed by atoms with Crippen molar-refractivity contribution in [3.8, 4) is 0 Å². The van der Waals surface area contributed by atoms with Gasteiger partial charge in [-0.1, -0.05) is 37.3 Å². The lowest BCUT2D eigenvalue weighted by Crippen LogP contribution is -2.41. The fraction of sp³-hybridized carbons (Fsp3) is 0.517. The van der Waals surface area contributed by atoms with Gasteiger partial charge in [-0.3, -0.25) is 14.4 Å². The van der Waals surface area contributed by atoms with E-state index in [1.54, 1.807) is 26.8 Å². The number of carbonyl (C=O) groups excluding carboxylic acids is 3. The molecule has 7 nitrogen and oxygen atoms in total. The molecule has 0 saturated heterocycles. The predicted molar refractivity (Wildman–Crippen MR) is 140 cm³/mol. The number of hydrogen-bond acceptors (Lipinski definition) is 5. The first-order valence-corrected chi connectivity index (χ1v) is 13.0. The molecule has 3 rings (SSSR count). The van der Waals surface area contributed by atoms with Crippen molar-refractivity contribution in [2.75, 3.05) is 13.6 Å². The summed E-state index contributed by atoms with van der Waals surface area (Å²) in [4.78, 5) is 42.0. The summed E-state index contributed by atoms with van der Waals surface area (Å²) >= 11 is 0. The minimum absolute atomic E-state index is 0.0391. The van der Waals surface area contributed by atoms with Gasteiger partial charge in [0.2, 0.25) is 0 Å². The number of nitrogens with zero attached hydrogens (tertiary/aromatic N) is 1. The molecule has 1 aromatic heterocycles. The molecule has 2 aromatic rings. The third kappa shape index (κ3) is 7.58. The Hall–Kier alpha value is -3.36. The first-order valence-electron chi connectivity index (χ1n) is 13.0. The van der Waals surface area contributed by atoms with Crippen LogP contribution in [0.4, 0.5) is 8.78 Å². The number of rotatable bonds is 8. The van der Waals surface area contributed by atoms with E-state index in [4.69, 9.17) is 4.74 Å². The maximum Gasteiger partial charge on any atom is 0.309 e. The van der Waals surface area contributed by atoms with Crippen LogP contribution in [-0.4, -0.2) is 47.9 Å². The van der Waals surface area contributed by atoms with Crippen molar-refractivity contribution in [3.05, 3.63) is 65.0 Å². The molecule has 2 unspecified atom stereocenters. The Balaban J connectivity index is 1.66. The molecule has 1 heterocycles. The molecular formula is C29H37F2N3O4. The van der Waals surface area contributed by atoms with Gasteiger partial charge in [0.05, 0.1) is 5.92 Å². The van der Waals surface area contributed by atoms with E-state index in [2.05, 4.69) is 15.6 Å². The SMILES string of the molecule is CNC(=O)c1cc(C(=O)NCCC2CCC(C(=O)OC(C)(C)C)CC2(F)F)cc([C@@H](C)c2ccccc2)n1. The van der Waals surface area contributed by atoms with Gasteiger partial charge < -0.3 is 15.4 Å². The molecule has 206 valence electrons. The number of halogens is 2. The molecule has 1 aliphatic rings. The second-order valence-corrected chi connectivity index (χ2v) is 10.9. The van der Waals surface area contributed by atoms with Crippen LogP contribution >= 0.6 is 0 Å². The minimum Gasteiger partial charge on any atom is -0.460 e. The highest BCUT2D eigenvalue weighted by Crippen LogP contribution is 2.43. The zero-order valence-electron chi connectivity index (χ0n) is 22.6. The zero-order valence-corrected chi connectivity index (χ0v) is 22.6. The van der Waals surface area contributed by atoms with Gasteiger partial charge >= 0.3 is 5.97 Å². The summed E-state index contributed by atoms with van der Waals surface area (Å²) in [7, 11) is 1.48. The summed E-state index contributed by atoms with van der Waals surface area (Å²) in [6, 6.07) is 12.6. The quantitative estimate of drug-likeness (QED) is 0.464. The number of aromatic nitrogens is 1. The number of benzene rings is 1. The van der Waals surface area contributed by atoms with E-state index in [9.17, 15) is 23.2 Å². The van der Waals surface area contributed by atoms with Crippen LogP contribution in [0, 0.1) is 11.8 Å². The number of carbonyl (C=O) groups is 3. The van der Waals surface area contributed by atoms with Crippen LogP contribution in [0.5, 0.6) is 0 Å². The fourth-order valence-electron chi connectivity index (χ4n) is 4.68. The summed E-state index contributed by atoms with van der Waals surface area (Å²) in [6.45, 7) is 7.11. The number of pyridine rings is 1. The van der Waals surface area contributed by atoms with E-state index in [-0.39, 0.29) is 36.6 Å². The van der Waals surface area contributed by atoms with E-state index in [1.807, 2.05) is 37.3 Å². The maximum atomic E-state index is 14.9. The Labute approximate surface area is 222 Å². The van der Waals surface area contributed by atoms with Crippen molar-refractivity contribution >= 4 is 17.8 Å². The minimum atomic E-state index is -3.04. The normalized spacial score (nSPS) is 19.8. The number of hydrogen-bond donors (Lipinski definition) is 2. The third-order valence-corrected chi connectivity index (χ3v) is 6.81. The van der Waals surface area contributed by atoms with Crippen molar-refractivity contribution < 1.29 is 27.9 Å². The van der Waals surface area contributed by atoms with Gasteiger partial charge in [-0.05, 0) is 57.7 Å². The standard InChI is InChI=1S/C29H37F2N3O4/c1-18(19-9-7-6-8-10-19)23-15-21(16-24(34-23)26(36)32-5)25(35)33-14-13-22-12-11-20(17-29(22,30)31)27(37)38-28(2,3)4/h6-10,15-16,18,20,22H,11-14,17H2,1-5H3,(H,32,36)(H,33,35)/t18-,20?,22?/m0/s1. The van der Waals surface area contributed by atoms with E-state index < -0.39 is 47.6 Å². The number of alkyl halides is 2. The Kier molecular flexibility index (Phi) is 9.22. The molecule has 0 radical (unpaired) electrons. The Morgan fingerprint density at radius 1 is 1.11 bits per heavy atom. The summed E-state index contributed by atoms with van der Waals surface area (Å²) in [5.74, 6) is -6.48. The molecule has 9 heteroatoms. The Morgan fingerprint density at radius 2 is 1.79 bits per heavy atom. The summed E-state index contributed by atoms with van der Waals surface area (Å²) in [5.41, 5.74) is 1.14. The van der Waals surface area contributed by atoms with Crippen molar-refractivity contribution in [2.24, 2.45) is 11.8 Å². The van der Waals surface area contributed by atoms with Crippen molar-refractivity contribution in [1.82, 2.24) is 15.6 Å². The molecule has 1 saturated carbocycles. The molecular weight excluding hydrogens is 492 g/mol. The maximum absolute atomic E-state index is 14.9. The van der Waals surface area contributed by atoms with E-state index >= 15 is 0 Å². The van der Waals surface area contributed by atoms with Crippen LogP contribution < -0.4 is 10.6 Å². The number of esters is 1.